The van der Waals surface area contributed by atoms with Crippen molar-refractivity contribution in [2.75, 3.05) is 0 Å². The molecule has 17 heavy (non-hydrogen) atoms. The zero-order valence-electron chi connectivity index (χ0n) is 12.5. The van der Waals surface area contributed by atoms with Crippen molar-refractivity contribution >= 4 is 0 Å². The van der Waals surface area contributed by atoms with Crippen molar-refractivity contribution in [3.63, 3.8) is 0 Å². The van der Waals surface area contributed by atoms with E-state index in [2.05, 4.69) is 18.9 Å². The normalized spacial score (nSPS) is 13.4. The van der Waals surface area contributed by atoms with E-state index in [9.17, 15) is 0 Å². The molecule has 0 saturated heterocycles. The van der Waals surface area contributed by atoms with Gasteiger partial charge in [-0.05, 0) is 32.3 Å². The van der Waals surface area contributed by atoms with Gasteiger partial charge < -0.3 is 4.74 Å². The second-order valence-electron chi connectivity index (χ2n) is 3.79. The Morgan fingerprint density at radius 3 is 2.06 bits per heavy atom. The highest BCUT2D eigenvalue weighted by atomic mass is 16.5. The van der Waals surface area contributed by atoms with E-state index in [4.69, 9.17) is 4.74 Å². The lowest BCUT2D eigenvalue weighted by molar-refractivity contribution is 0.103. The highest BCUT2D eigenvalue weighted by Gasteiger charge is 2.22. The number of hydrogen-bond donors (Lipinski definition) is 0. The predicted octanol–water partition coefficient (Wildman–Crippen LogP) is 3.77. The molecule has 3 nitrogen and oxygen atoms in total. The Bertz CT molecular complexity index is 314. The molecule has 1 aliphatic rings. The standard InChI is InChI=1S/C10H16N2O.2C2H6/c1-7-8(2)12(3)11-10(7)6-13-9-4-5-9;2*1-2/h9H,4-6H2,1-3H3;2*1-2H3. The molecule has 0 bridgehead atoms. The molecule has 1 saturated carbocycles. The van der Waals surface area contributed by atoms with Gasteiger partial charge in [-0.25, -0.2) is 0 Å². The van der Waals surface area contributed by atoms with E-state index in [0.29, 0.717) is 12.7 Å². The van der Waals surface area contributed by atoms with E-state index in [-0.39, 0.29) is 0 Å². The van der Waals surface area contributed by atoms with Crippen LogP contribution >= 0.6 is 0 Å². The molecule has 0 amide bonds. The van der Waals surface area contributed by atoms with E-state index in [0.717, 1.165) is 5.69 Å². The van der Waals surface area contributed by atoms with Crippen molar-refractivity contribution in [2.45, 2.75) is 67.1 Å². The number of aryl methyl sites for hydroxylation is 1. The summed E-state index contributed by atoms with van der Waals surface area (Å²) in [5, 5.41) is 4.40. The molecule has 1 aliphatic carbocycles. The lowest BCUT2D eigenvalue weighted by Crippen LogP contribution is -1.98. The van der Waals surface area contributed by atoms with Crippen molar-refractivity contribution in [3.05, 3.63) is 17.0 Å². The summed E-state index contributed by atoms with van der Waals surface area (Å²) in [7, 11) is 1.98. The first-order valence-electron chi connectivity index (χ1n) is 6.79. The van der Waals surface area contributed by atoms with Gasteiger partial charge in [0.25, 0.3) is 0 Å². The average Bonchev–Trinajstić information content (AvgIpc) is 3.17. The molecule has 2 rings (SSSR count). The van der Waals surface area contributed by atoms with Crippen LogP contribution in [0.2, 0.25) is 0 Å². The number of nitrogens with zero attached hydrogens (tertiary/aromatic N) is 2. The molecule has 0 N–H and O–H groups in total. The van der Waals surface area contributed by atoms with Gasteiger partial charge in [-0.1, -0.05) is 27.7 Å². The highest BCUT2D eigenvalue weighted by Crippen LogP contribution is 2.25. The van der Waals surface area contributed by atoms with Gasteiger partial charge in [0.2, 0.25) is 0 Å². The minimum atomic E-state index is 0.515. The molecule has 0 radical (unpaired) electrons. The van der Waals surface area contributed by atoms with Crippen LogP contribution in [0.4, 0.5) is 0 Å². The van der Waals surface area contributed by atoms with Crippen LogP contribution in [-0.4, -0.2) is 15.9 Å². The molecule has 0 atom stereocenters. The van der Waals surface area contributed by atoms with Gasteiger partial charge in [0.05, 0.1) is 18.4 Å². The van der Waals surface area contributed by atoms with Gasteiger partial charge in [0.1, 0.15) is 0 Å². The van der Waals surface area contributed by atoms with Crippen LogP contribution in [0.25, 0.3) is 0 Å². The Morgan fingerprint density at radius 2 is 1.71 bits per heavy atom. The summed E-state index contributed by atoms with van der Waals surface area (Å²) >= 11 is 0. The maximum absolute atomic E-state index is 5.61. The fraction of sp³-hybridized carbons (Fsp3) is 0.786. The monoisotopic (exact) mass is 240 g/mol. The second kappa shape index (κ2) is 8.29. The van der Waals surface area contributed by atoms with Crippen LogP contribution in [0.15, 0.2) is 0 Å². The fourth-order valence-corrected chi connectivity index (χ4v) is 1.35. The third-order valence-corrected chi connectivity index (χ3v) is 2.71. The molecule has 1 aromatic heterocycles. The zero-order valence-corrected chi connectivity index (χ0v) is 12.5. The minimum absolute atomic E-state index is 0.515. The first kappa shape index (κ1) is 16.2. The van der Waals surface area contributed by atoms with Gasteiger partial charge in [0, 0.05) is 12.7 Å². The maximum atomic E-state index is 5.61. The molecule has 100 valence electrons. The Labute approximate surface area is 106 Å². The van der Waals surface area contributed by atoms with Crippen molar-refractivity contribution in [2.24, 2.45) is 7.05 Å². The average molecular weight is 240 g/mol. The summed E-state index contributed by atoms with van der Waals surface area (Å²) in [4.78, 5) is 0. The van der Waals surface area contributed by atoms with Crippen LogP contribution in [0, 0.1) is 13.8 Å². The molecule has 0 aromatic carbocycles. The summed E-state index contributed by atoms with van der Waals surface area (Å²) in [5.74, 6) is 0. The van der Waals surface area contributed by atoms with Crippen LogP contribution in [0.5, 0.6) is 0 Å². The van der Waals surface area contributed by atoms with Gasteiger partial charge in [0.15, 0.2) is 0 Å². The Morgan fingerprint density at radius 1 is 1.18 bits per heavy atom. The predicted molar refractivity (Wildman–Crippen MR) is 73.2 cm³/mol. The molecule has 1 aromatic rings. The molecule has 1 heterocycles. The highest BCUT2D eigenvalue weighted by molar-refractivity contribution is 5.22. The van der Waals surface area contributed by atoms with Gasteiger partial charge in [-0.2, -0.15) is 5.10 Å². The van der Waals surface area contributed by atoms with Gasteiger partial charge >= 0.3 is 0 Å². The summed E-state index contributed by atoms with van der Waals surface area (Å²) < 4.78 is 7.53. The van der Waals surface area contributed by atoms with Crippen molar-refractivity contribution in [1.29, 1.82) is 0 Å². The Hall–Kier alpha value is -0.830. The third-order valence-electron chi connectivity index (χ3n) is 2.71. The van der Waals surface area contributed by atoms with E-state index in [1.54, 1.807) is 0 Å². The summed E-state index contributed by atoms with van der Waals surface area (Å²) in [6, 6.07) is 0. The molecule has 0 spiro atoms. The largest absolute Gasteiger partial charge is 0.372 e. The van der Waals surface area contributed by atoms with E-state index >= 15 is 0 Å². The number of aromatic nitrogens is 2. The summed E-state index contributed by atoms with van der Waals surface area (Å²) in [6.45, 7) is 12.9. The smallest absolute Gasteiger partial charge is 0.0913 e. The van der Waals surface area contributed by atoms with Crippen molar-refractivity contribution < 1.29 is 4.74 Å². The SMILES string of the molecule is CC.CC.Cc1c(COC2CC2)nn(C)c1C. The summed E-state index contributed by atoms with van der Waals surface area (Å²) in [6.07, 6.45) is 2.97. The second-order valence-corrected chi connectivity index (χ2v) is 3.79. The van der Waals surface area contributed by atoms with Crippen molar-refractivity contribution in [1.82, 2.24) is 9.78 Å². The zero-order chi connectivity index (χ0) is 13.4. The molecule has 3 heteroatoms. The topological polar surface area (TPSA) is 27.1 Å². The minimum Gasteiger partial charge on any atom is -0.372 e. The van der Waals surface area contributed by atoms with Crippen LogP contribution in [0.3, 0.4) is 0 Å². The van der Waals surface area contributed by atoms with E-state index in [1.165, 1.54) is 24.1 Å². The Balaban J connectivity index is 0.000000581. The van der Waals surface area contributed by atoms with E-state index < -0.39 is 0 Å². The molecule has 0 unspecified atom stereocenters. The number of hydrogen-bond acceptors (Lipinski definition) is 2. The molecular formula is C14H28N2O. The molecule has 1 fully saturated rings. The first-order chi connectivity index (χ1) is 8.18. The molecular weight excluding hydrogens is 212 g/mol. The quantitative estimate of drug-likeness (QED) is 0.804. The lowest BCUT2D eigenvalue weighted by atomic mass is 10.2. The van der Waals surface area contributed by atoms with Gasteiger partial charge in [-0.15, -0.1) is 0 Å². The first-order valence-corrected chi connectivity index (χ1v) is 6.79. The Kier molecular flexibility index (Phi) is 7.88. The summed E-state index contributed by atoms with van der Waals surface area (Å²) in [5.41, 5.74) is 3.59. The van der Waals surface area contributed by atoms with E-state index in [1.807, 2.05) is 39.4 Å². The lowest BCUT2D eigenvalue weighted by Gasteiger charge is -1.98. The molecule has 0 aliphatic heterocycles. The van der Waals surface area contributed by atoms with Crippen molar-refractivity contribution in [3.8, 4) is 0 Å². The maximum Gasteiger partial charge on any atom is 0.0913 e. The fourth-order valence-electron chi connectivity index (χ4n) is 1.35. The van der Waals surface area contributed by atoms with Crippen LogP contribution in [0.1, 0.15) is 57.5 Å². The third kappa shape index (κ3) is 4.90. The number of ether oxygens (including phenoxy) is 1. The van der Waals surface area contributed by atoms with Gasteiger partial charge in [-0.3, -0.25) is 4.68 Å². The van der Waals surface area contributed by atoms with Crippen LogP contribution in [-0.2, 0) is 18.4 Å². The number of rotatable bonds is 3. The van der Waals surface area contributed by atoms with Crippen LogP contribution < -0.4 is 0 Å².